The van der Waals surface area contributed by atoms with E-state index < -0.39 is 29.2 Å². The molecule has 1 saturated heterocycles. The van der Waals surface area contributed by atoms with Crippen LogP contribution >= 0.6 is 11.6 Å². The van der Waals surface area contributed by atoms with E-state index in [0.29, 0.717) is 29.1 Å². The number of methoxy groups -OCH3 is 1. The van der Waals surface area contributed by atoms with Gasteiger partial charge in [0.2, 0.25) is 11.8 Å². The van der Waals surface area contributed by atoms with Crippen molar-refractivity contribution in [2.45, 2.75) is 38.4 Å². The lowest BCUT2D eigenvalue weighted by Gasteiger charge is -2.38. The van der Waals surface area contributed by atoms with Crippen molar-refractivity contribution in [3.05, 3.63) is 76.3 Å². The van der Waals surface area contributed by atoms with Crippen LogP contribution < -0.4 is 10.5 Å². The van der Waals surface area contributed by atoms with Crippen molar-refractivity contribution in [2.24, 2.45) is 5.73 Å². The Morgan fingerprint density at radius 3 is 2.20 bits per heavy atom. The maximum Gasteiger partial charge on any atom is 0.433 e. The lowest BCUT2D eigenvalue weighted by atomic mass is 9.83. The number of carbonyl (C=O) groups excluding carboxylic acids is 2. The number of ether oxygens (including phenoxy) is 1. The molecule has 13 heteroatoms. The van der Waals surface area contributed by atoms with Gasteiger partial charge in [-0.15, -0.1) is 0 Å². The summed E-state index contributed by atoms with van der Waals surface area (Å²) in [6.07, 6.45) is -4.65. The van der Waals surface area contributed by atoms with Crippen molar-refractivity contribution in [3.8, 4) is 17.2 Å². The van der Waals surface area contributed by atoms with Crippen LogP contribution in [-0.2, 0) is 16.4 Å². The van der Waals surface area contributed by atoms with Crippen LogP contribution in [0.15, 0.2) is 52.9 Å². The molecule has 2 N–H and O–H groups in total. The second kappa shape index (κ2) is 11.7. The number of rotatable bonds is 6. The van der Waals surface area contributed by atoms with Crippen LogP contribution in [0.2, 0.25) is 5.02 Å². The summed E-state index contributed by atoms with van der Waals surface area (Å²) < 4.78 is 51.4. The van der Waals surface area contributed by atoms with Crippen LogP contribution in [0.1, 0.15) is 54.3 Å². The minimum absolute atomic E-state index is 0.000101. The second-order valence-electron chi connectivity index (χ2n) is 11.1. The Labute approximate surface area is 256 Å². The van der Waals surface area contributed by atoms with Crippen molar-refractivity contribution in [2.75, 3.05) is 33.3 Å². The number of hydrogen-bond acceptors (Lipinski definition) is 7. The van der Waals surface area contributed by atoms with E-state index in [4.69, 9.17) is 26.5 Å². The highest BCUT2D eigenvalue weighted by Crippen LogP contribution is 2.38. The van der Waals surface area contributed by atoms with Gasteiger partial charge < -0.3 is 24.7 Å². The van der Waals surface area contributed by atoms with E-state index in [2.05, 4.69) is 9.97 Å². The number of pyridine rings is 1. The SMILES string of the molecule is COc1ccc(-c2nc(C(=O)N3CCN(C(=O)C(C)(C)c4ccc(Cl)cc4)CC3)c([C@H](C)N)o2)c2ccc(C(F)(F)F)nc12. The smallest absolute Gasteiger partial charge is 0.433 e. The number of nitrogens with two attached hydrogens (primary N) is 1. The number of halogens is 4. The molecule has 0 bridgehead atoms. The van der Waals surface area contributed by atoms with Crippen molar-refractivity contribution < 1.29 is 31.9 Å². The van der Waals surface area contributed by atoms with Crippen LogP contribution in [0.25, 0.3) is 22.4 Å². The van der Waals surface area contributed by atoms with E-state index in [1.165, 1.54) is 19.2 Å². The third-order valence-corrected chi connectivity index (χ3v) is 8.04. The van der Waals surface area contributed by atoms with E-state index in [-0.39, 0.29) is 47.6 Å². The molecule has 1 fully saturated rings. The Hall–Kier alpha value is -4.16. The van der Waals surface area contributed by atoms with Gasteiger partial charge in [-0.05, 0) is 62.7 Å². The average Bonchev–Trinajstić information content (AvgIpc) is 3.45. The molecular weight excluding hydrogens is 599 g/mol. The first-order valence-electron chi connectivity index (χ1n) is 13.9. The molecule has 0 saturated carbocycles. The third kappa shape index (κ3) is 5.83. The van der Waals surface area contributed by atoms with Gasteiger partial charge in [0.1, 0.15) is 17.0 Å². The summed E-state index contributed by atoms with van der Waals surface area (Å²) in [4.78, 5) is 38.7. The summed E-state index contributed by atoms with van der Waals surface area (Å²) in [7, 11) is 1.33. The fourth-order valence-corrected chi connectivity index (χ4v) is 5.38. The molecule has 232 valence electrons. The number of alkyl halides is 3. The molecule has 0 unspecified atom stereocenters. The molecule has 2 aromatic carbocycles. The van der Waals surface area contributed by atoms with Gasteiger partial charge in [-0.2, -0.15) is 13.2 Å². The first-order chi connectivity index (χ1) is 20.7. The third-order valence-electron chi connectivity index (χ3n) is 7.79. The molecular formula is C31H31ClF3N5O4. The maximum absolute atomic E-state index is 13.7. The average molecular weight is 630 g/mol. The molecule has 2 amide bonds. The van der Waals surface area contributed by atoms with E-state index in [1.54, 1.807) is 34.9 Å². The summed E-state index contributed by atoms with van der Waals surface area (Å²) in [5, 5.41) is 0.878. The Bertz CT molecular complexity index is 1710. The predicted octanol–water partition coefficient (Wildman–Crippen LogP) is 5.85. The van der Waals surface area contributed by atoms with Gasteiger partial charge >= 0.3 is 6.18 Å². The van der Waals surface area contributed by atoms with Gasteiger partial charge in [-0.1, -0.05) is 23.7 Å². The van der Waals surface area contributed by atoms with Crippen molar-refractivity contribution in [3.63, 3.8) is 0 Å². The summed E-state index contributed by atoms with van der Waals surface area (Å²) in [6.45, 7) is 6.50. The number of benzene rings is 2. The Kier molecular flexibility index (Phi) is 8.34. The Morgan fingerprint density at radius 2 is 1.61 bits per heavy atom. The molecule has 0 radical (unpaired) electrons. The zero-order valence-corrected chi connectivity index (χ0v) is 25.3. The van der Waals surface area contributed by atoms with E-state index in [0.717, 1.165) is 11.6 Å². The zero-order chi connectivity index (χ0) is 32.0. The number of fused-ring (bicyclic) bond motifs is 1. The second-order valence-corrected chi connectivity index (χ2v) is 11.6. The largest absolute Gasteiger partial charge is 0.494 e. The number of amides is 2. The summed E-state index contributed by atoms with van der Waals surface area (Å²) in [5.74, 6) is -0.214. The van der Waals surface area contributed by atoms with Gasteiger partial charge in [-0.3, -0.25) is 9.59 Å². The van der Waals surface area contributed by atoms with Gasteiger partial charge in [0.05, 0.1) is 18.6 Å². The van der Waals surface area contributed by atoms with Crippen molar-refractivity contribution in [1.82, 2.24) is 19.8 Å². The lowest BCUT2D eigenvalue weighted by molar-refractivity contribution is -0.141. The van der Waals surface area contributed by atoms with Crippen LogP contribution in [0.4, 0.5) is 13.2 Å². The normalized spacial score (nSPS) is 15.0. The molecule has 1 aliphatic rings. The number of hydrogen-bond donors (Lipinski definition) is 1. The topological polar surface area (TPSA) is 115 Å². The monoisotopic (exact) mass is 629 g/mol. The number of carbonyl (C=O) groups is 2. The summed E-state index contributed by atoms with van der Waals surface area (Å²) in [6, 6.07) is 11.6. The van der Waals surface area contributed by atoms with E-state index >= 15 is 0 Å². The first kappa shape index (κ1) is 31.3. The fourth-order valence-electron chi connectivity index (χ4n) is 5.26. The van der Waals surface area contributed by atoms with Gasteiger partial charge in [0.15, 0.2) is 11.5 Å². The highest BCUT2D eigenvalue weighted by Gasteiger charge is 2.37. The van der Waals surface area contributed by atoms with Crippen LogP contribution in [-0.4, -0.2) is 64.9 Å². The van der Waals surface area contributed by atoms with E-state index in [9.17, 15) is 22.8 Å². The summed E-state index contributed by atoms with van der Waals surface area (Å²) in [5.41, 5.74) is 5.40. The molecule has 3 heterocycles. The highest BCUT2D eigenvalue weighted by molar-refractivity contribution is 6.30. The first-order valence-corrected chi connectivity index (χ1v) is 14.3. The molecule has 44 heavy (non-hydrogen) atoms. The number of oxazole rings is 1. The molecule has 0 spiro atoms. The van der Waals surface area contributed by atoms with E-state index in [1.807, 2.05) is 26.0 Å². The van der Waals surface area contributed by atoms with Gasteiger partial charge in [0.25, 0.3) is 5.91 Å². The fraction of sp³-hybridized carbons (Fsp3) is 0.355. The zero-order valence-electron chi connectivity index (χ0n) is 24.5. The molecule has 1 atom stereocenters. The summed E-state index contributed by atoms with van der Waals surface area (Å²) >= 11 is 6.01. The molecule has 9 nitrogen and oxygen atoms in total. The predicted molar refractivity (Wildman–Crippen MR) is 158 cm³/mol. The molecule has 2 aromatic heterocycles. The minimum Gasteiger partial charge on any atom is -0.494 e. The Balaban J connectivity index is 1.40. The maximum atomic E-state index is 13.7. The highest BCUT2D eigenvalue weighted by atomic mass is 35.5. The standard InChI is InChI=1S/C31H31ClF3N5O4/c1-17(36)26-25(28(41)39-13-15-40(16-14-39)29(42)30(2,3)18-5-7-19(32)8-6-18)38-27(44-26)21-9-11-22(43-4)24-20(21)10-12-23(37-24)31(33,34)35/h5-12,17H,13-16,36H2,1-4H3/t17-/m0/s1. The minimum atomic E-state index is -4.65. The van der Waals surface area contributed by atoms with Crippen LogP contribution in [0, 0.1) is 0 Å². The lowest BCUT2D eigenvalue weighted by Crippen LogP contribution is -2.54. The molecule has 5 rings (SSSR count). The molecule has 0 aliphatic carbocycles. The van der Waals surface area contributed by atoms with Crippen molar-refractivity contribution >= 4 is 34.3 Å². The molecule has 1 aliphatic heterocycles. The van der Waals surface area contributed by atoms with Gasteiger partial charge in [-0.25, -0.2) is 9.97 Å². The van der Waals surface area contributed by atoms with Crippen LogP contribution in [0.5, 0.6) is 5.75 Å². The number of aromatic nitrogens is 2. The van der Waals surface area contributed by atoms with Crippen molar-refractivity contribution in [1.29, 1.82) is 0 Å². The van der Waals surface area contributed by atoms with Crippen LogP contribution in [0.3, 0.4) is 0 Å². The Morgan fingerprint density at radius 1 is 0.977 bits per heavy atom. The van der Waals surface area contributed by atoms with Gasteiger partial charge in [0, 0.05) is 42.2 Å². The number of piperazine rings is 1. The number of nitrogens with zero attached hydrogens (tertiary/aromatic N) is 4. The quantitative estimate of drug-likeness (QED) is 0.284. The molecule has 4 aromatic rings.